The molecule has 2 fully saturated rings. The molecule has 0 radical (unpaired) electrons. The first kappa shape index (κ1) is 17.4. The van der Waals surface area contributed by atoms with E-state index in [0.29, 0.717) is 11.5 Å². The molecule has 1 unspecified atom stereocenters. The maximum atomic E-state index is 11.3. The number of hydrogen-bond donors (Lipinski definition) is 2. The summed E-state index contributed by atoms with van der Waals surface area (Å²) in [5.74, 6) is -0.0866. The van der Waals surface area contributed by atoms with Crippen LogP contribution in [0, 0.1) is 22.7 Å². The van der Waals surface area contributed by atoms with Crippen LogP contribution < -0.4 is 0 Å². The zero-order valence-corrected chi connectivity index (χ0v) is 14.8. The van der Waals surface area contributed by atoms with Crippen molar-refractivity contribution < 1.29 is 19.7 Å². The van der Waals surface area contributed by atoms with Crippen molar-refractivity contribution in [2.24, 2.45) is 22.7 Å². The fourth-order valence-electron chi connectivity index (χ4n) is 5.23. The summed E-state index contributed by atoms with van der Waals surface area (Å²) in [5, 5.41) is 20.3. The minimum Gasteiger partial charge on any atom is -0.428 e. The predicted octanol–water partition coefficient (Wildman–Crippen LogP) is 3.11. The minimum atomic E-state index is -1.19. The van der Waals surface area contributed by atoms with Crippen LogP contribution in [0.15, 0.2) is 36.0 Å². The Balaban J connectivity index is 1.93. The van der Waals surface area contributed by atoms with E-state index in [2.05, 4.69) is 27.4 Å². The van der Waals surface area contributed by atoms with Gasteiger partial charge < -0.3 is 14.9 Å². The van der Waals surface area contributed by atoms with E-state index in [1.165, 1.54) is 18.9 Å². The van der Waals surface area contributed by atoms with Gasteiger partial charge in [0.2, 0.25) is 6.29 Å². The average molecular weight is 332 g/mol. The number of ether oxygens (including phenoxy) is 1. The topological polar surface area (TPSA) is 66.8 Å². The first-order chi connectivity index (χ1) is 11.1. The van der Waals surface area contributed by atoms with Gasteiger partial charge in [-0.05, 0) is 41.6 Å². The number of carbonyl (C=O) groups is 1. The molecule has 0 saturated heterocycles. The van der Waals surface area contributed by atoms with Crippen LogP contribution in [-0.2, 0) is 9.53 Å². The summed E-state index contributed by atoms with van der Waals surface area (Å²) in [7, 11) is 0. The van der Waals surface area contributed by atoms with Crippen LogP contribution in [0.2, 0.25) is 0 Å². The van der Waals surface area contributed by atoms with Gasteiger partial charge in [0.1, 0.15) is 0 Å². The highest BCUT2D eigenvalue weighted by atomic mass is 16.6. The Bertz CT molecular complexity index is 615. The Morgan fingerprint density at radius 3 is 2.62 bits per heavy atom. The van der Waals surface area contributed by atoms with Crippen molar-refractivity contribution in [3.8, 4) is 0 Å². The second kappa shape index (κ2) is 5.85. The van der Waals surface area contributed by atoms with Crippen LogP contribution in [0.25, 0.3) is 0 Å². The van der Waals surface area contributed by atoms with Gasteiger partial charge >= 0.3 is 5.97 Å². The third kappa shape index (κ3) is 2.76. The number of fused-ring (bicyclic) bond motifs is 1. The van der Waals surface area contributed by atoms with E-state index in [4.69, 9.17) is 4.74 Å². The summed E-state index contributed by atoms with van der Waals surface area (Å²) in [6.07, 6.45) is 7.57. The third-order valence-corrected chi connectivity index (χ3v) is 6.55. The Labute approximate surface area is 143 Å². The number of cyclic esters (lactones) is 1. The molecule has 0 aromatic carbocycles. The second-order valence-electron chi connectivity index (χ2n) is 8.50. The predicted molar refractivity (Wildman–Crippen MR) is 91.8 cm³/mol. The van der Waals surface area contributed by atoms with Crippen LogP contribution in [-0.4, -0.2) is 28.6 Å². The molecule has 24 heavy (non-hydrogen) atoms. The lowest BCUT2D eigenvalue weighted by Crippen LogP contribution is -2.52. The lowest BCUT2D eigenvalue weighted by atomic mass is 9.47. The molecule has 1 heterocycles. The van der Waals surface area contributed by atoms with E-state index in [1.807, 2.05) is 6.08 Å². The minimum absolute atomic E-state index is 0.0228. The van der Waals surface area contributed by atoms with Crippen molar-refractivity contribution >= 4 is 5.97 Å². The highest BCUT2D eigenvalue weighted by molar-refractivity contribution is 5.86. The fraction of sp³-hybridized carbons (Fsp3) is 0.650. The van der Waals surface area contributed by atoms with Gasteiger partial charge in [0, 0.05) is 17.6 Å². The molecule has 5 atom stereocenters. The molecule has 3 rings (SSSR count). The Hall–Kier alpha value is -1.39. The molecular weight excluding hydrogens is 304 g/mol. The Kier molecular flexibility index (Phi) is 4.25. The summed E-state index contributed by atoms with van der Waals surface area (Å²) in [6, 6.07) is 0. The van der Waals surface area contributed by atoms with E-state index in [-0.39, 0.29) is 16.7 Å². The standard InChI is InChI=1S/C20H28O4/c1-12-14(7-6-13-10-17(22)24-18(13)23)20(4)9-5-8-19(2,3)16(20)11-15(12)21/h6-7,10,14-16,18,21,23H,1,5,8-9,11H2,2-4H3/b7-6+/t14-,15-,16-,18?,20+/m0/s1. The second-order valence-corrected chi connectivity index (χ2v) is 8.50. The van der Waals surface area contributed by atoms with Crippen LogP contribution in [0.4, 0.5) is 0 Å². The molecule has 2 saturated carbocycles. The summed E-state index contributed by atoms with van der Waals surface area (Å²) < 4.78 is 4.73. The largest absolute Gasteiger partial charge is 0.428 e. The maximum absolute atomic E-state index is 11.3. The van der Waals surface area contributed by atoms with Gasteiger partial charge in [-0.3, -0.25) is 0 Å². The normalized spacial score (nSPS) is 42.0. The first-order valence-electron chi connectivity index (χ1n) is 8.80. The molecule has 0 aromatic heterocycles. The quantitative estimate of drug-likeness (QED) is 0.602. The van der Waals surface area contributed by atoms with E-state index in [9.17, 15) is 15.0 Å². The molecule has 1 aliphatic heterocycles. The third-order valence-electron chi connectivity index (χ3n) is 6.55. The Morgan fingerprint density at radius 2 is 2.00 bits per heavy atom. The van der Waals surface area contributed by atoms with Crippen LogP contribution in [0.1, 0.15) is 46.5 Å². The van der Waals surface area contributed by atoms with Crippen molar-refractivity contribution in [1.82, 2.24) is 0 Å². The average Bonchev–Trinajstić information content (AvgIpc) is 2.79. The Morgan fingerprint density at radius 1 is 1.29 bits per heavy atom. The van der Waals surface area contributed by atoms with Gasteiger partial charge in [0.15, 0.2) is 0 Å². The lowest BCUT2D eigenvalue weighted by Gasteiger charge is -2.58. The summed E-state index contributed by atoms with van der Waals surface area (Å²) >= 11 is 0. The van der Waals surface area contributed by atoms with Gasteiger partial charge in [-0.1, -0.05) is 45.9 Å². The van der Waals surface area contributed by atoms with Crippen molar-refractivity contribution in [3.05, 3.63) is 36.0 Å². The number of hydrogen-bond acceptors (Lipinski definition) is 4. The monoisotopic (exact) mass is 332 g/mol. The zero-order chi connectivity index (χ0) is 17.7. The summed E-state index contributed by atoms with van der Waals surface area (Å²) in [4.78, 5) is 11.3. The highest BCUT2D eigenvalue weighted by Crippen LogP contribution is 2.61. The van der Waals surface area contributed by atoms with Crippen LogP contribution >= 0.6 is 0 Å². The zero-order valence-electron chi connectivity index (χ0n) is 14.8. The molecule has 132 valence electrons. The molecule has 3 aliphatic rings. The molecule has 0 spiro atoms. The van der Waals surface area contributed by atoms with E-state index in [1.54, 1.807) is 6.08 Å². The fourth-order valence-corrected chi connectivity index (χ4v) is 5.23. The van der Waals surface area contributed by atoms with E-state index in [0.717, 1.165) is 18.4 Å². The number of aliphatic hydroxyl groups excluding tert-OH is 2. The molecule has 4 nitrogen and oxygen atoms in total. The number of carbonyl (C=O) groups excluding carboxylic acids is 1. The van der Waals surface area contributed by atoms with Crippen molar-refractivity contribution in [3.63, 3.8) is 0 Å². The molecule has 4 heteroatoms. The van der Waals surface area contributed by atoms with Crippen molar-refractivity contribution in [1.29, 1.82) is 0 Å². The first-order valence-corrected chi connectivity index (χ1v) is 8.80. The van der Waals surface area contributed by atoms with Crippen LogP contribution in [0.3, 0.4) is 0 Å². The van der Waals surface area contributed by atoms with E-state index >= 15 is 0 Å². The van der Waals surface area contributed by atoms with Gasteiger partial charge in [-0.2, -0.15) is 0 Å². The van der Waals surface area contributed by atoms with Crippen molar-refractivity contribution in [2.75, 3.05) is 0 Å². The van der Waals surface area contributed by atoms with Gasteiger partial charge in [0.25, 0.3) is 0 Å². The number of rotatable bonds is 2. The molecule has 0 amide bonds. The number of allylic oxidation sites excluding steroid dienone is 1. The van der Waals surface area contributed by atoms with Gasteiger partial charge in [-0.15, -0.1) is 0 Å². The smallest absolute Gasteiger partial charge is 0.333 e. The maximum Gasteiger partial charge on any atom is 0.333 e. The number of aliphatic hydroxyl groups is 2. The van der Waals surface area contributed by atoms with Crippen molar-refractivity contribution in [2.45, 2.75) is 58.8 Å². The molecule has 2 aliphatic carbocycles. The lowest BCUT2D eigenvalue weighted by molar-refractivity contribution is -0.150. The summed E-state index contributed by atoms with van der Waals surface area (Å²) in [6.45, 7) is 11.1. The molecule has 0 bridgehead atoms. The molecule has 0 aromatic rings. The van der Waals surface area contributed by atoms with Crippen LogP contribution in [0.5, 0.6) is 0 Å². The van der Waals surface area contributed by atoms with E-state index < -0.39 is 18.4 Å². The highest BCUT2D eigenvalue weighted by Gasteiger charge is 2.54. The molecule has 2 N–H and O–H groups in total. The van der Waals surface area contributed by atoms with Gasteiger partial charge in [0.05, 0.1) is 6.10 Å². The SMILES string of the molecule is C=C1[C@@H](O)C[C@H]2C(C)(C)CCC[C@]2(C)[C@H]1/C=C/C1=CC(=O)OC1O. The summed E-state index contributed by atoms with van der Waals surface area (Å²) in [5.41, 5.74) is 1.52. The number of esters is 1. The molecular formula is C20H28O4. The van der Waals surface area contributed by atoms with Gasteiger partial charge in [-0.25, -0.2) is 4.79 Å².